The molecule has 9 heavy (non-hydrogen) atoms. The van der Waals surface area contributed by atoms with Crippen LogP contribution in [0.2, 0.25) is 0 Å². The second-order valence-electron chi connectivity index (χ2n) is 2.20. The molecule has 0 aliphatic rings. The fourth-order valence-corrected chi connectivity index (χ4v) is 0.774. The van der Waals surface area contributed by atoms with Gasteiger partial charge in [0.05, 0.1) is 0 Å². The molecule has 0 aromatic rings. The van der Waals surface area contributed by atoms with Crippen molar-refractivity contribution in [1.29, 1.82) is 0 Å². The SMILES string of the molecule is CCC(C(N)=O)=C(C)C. The van der Waals surface area contributed by atoms with Crippen molar-refractivity contribution < 1.29 is 4.79 Å². The summed E-state index contributed by atoms with van der Waals surface area (Å²) in [6.45, 7) is 5.71. The van der Waals surface area contributed by atoms with E-state index in [1.54, 1.807) is 0 Å². The van der Waals surface area contributed by atoms with Gasteiger partial charge in [-0.25, -0.2) is 0 Å². The molecule has 0 saturated carbocycles. The number of amides is 1. The molecule has 0 radical (unpaired) electrons. The summed E-state index contributed by atoms with van der Waals surface area (Å²) in [5, 5.41) is 0. The summed E-state index contributed by atoms with van der Waals surface area (Å²) in [5.41, 5.74) is 6.82. The standard InChI is InChI=1S/C7H13NO/c1-4-6(5(2)3)7(8)9/h4H2,1-3H3,(H2,8,9). The molecule has 0 spiro atoms. The minimum Gasteiger partial charge on any atom is -0.366 e. The molecule has 0 bridgehead atoms. The van der Waals surface area contributed by atoms with Crippen molar-refractivity contribution in [2.24, 2.45) is 5.73 Å². The van der Waals surface area contributed by atoms with E-state index in [9.17, 15) is 4.79 Å². The third-order valence-electron chi connectivity index (χ3n) is 1.25. The van der Waals surface area contributed by atoms with Crippen molar-refractivity contribution in [2.45, 2.75) is 27.2 Å². The zero-order valence-corrected chi connectivity index (χ0v) is 6.19. The first kappa shape index (κ1) is 8.21. The molecule has 0 unspecified atom stereocenters. The number of primary amides is 1. The Labute approximate surface area is 55.7 Å². The quantitative estimate of drug-likeness (QED) is 0.557. The van der Waals surface area contributed by atoms with Gasteiger partial charge in [0.15, 0.2) is 0 Å². The van der Waals surface area contributed by atoms with Crippen molar-refractivity contribution in [3.05, 3.63) is 11.1 Å². The lowest BCUT2D eigenvalue weighted by atomic mass is 10.1. The molecule has 2 heteroatoms. The maximum atomic E-state index is 10.5. The molecule has 0 heterocycles. The van der Waals surface area contributed by atoms with Crippen molar-refractivity contribution in [1.82, 2.24) is 0 Å². The topological polar surface area (TPSA) is 43.1 Å². The van der Waals surface area contributed by atoms with Gasteiger partial charge in [-0.3, -0.25) is 4.79 Å². The highest BCUT2D eigenvalue weighted by Gasteiger charge is 2.01. The predicted octanol–water partition coefficient (Wildman–Crippen LogP) is 1.22. The lowest BCUT2D eigenvalue weighted by Crippen LogP contribution is -2.14. The fourth-order valence-electron chi connectivity index (χ4n) is 0.774. The van der Waals surface area contributed by atoms with E-state index in [-0.39, 0.29) is 5.91 Å². The van der Waals surface area contributed by atoms with Gasteiger partial charge in [-0.05, 0) is 20.3 Å². The Hall–Kier alpha value is -0.790. The molecule has 0 aromatic carbocycles. The monoisotopic (exact) mass is 127 g/mol. The van der Waals surface area contributed by atoms with Gasteiger partial charge in [-0.15, -0.1) is 0 Å². The lowest BCUT2D eigenvalue weighted by Gasteiger charge is -1.99. The van der Waals surface area contributed by atoms with Gasteiger partial charge in [-0.1, -0.05) is 12.5 Å². The summed E-state index contributed by atoms with van der Waals surface area (Å²) in [5.74, 6) is -0.294. The zero-order chi connectivity index (χ0) is 7.44. The highest BCUT2D eigenvalue weighted by molar-refractivity contribution is 5.92. The van der Waals surface area contributed by atoms with Crippen molar-refractivity contribution in [3.8, 4) is 0 Å². The normalized spacial score (nSPS) is 8.78. The summed E-state index contributed by atoms with van der Waals surface area (Å²) < 4.78 is 0. The number of allylic oxidation sites excluding steroid dienone is 1. The predicted molar refractivity (Wildman–Crippen MR) is 37.9 cm³/mol. The van der Waals surface area contributed by atoms with Gasteiger partial charge in [0.25, 0.3) is 0 Å². The molecule has 2 N–H and O–H groups in total. The molecule has 0 saturated heterocycles. The van der Waals surface area contributed by atoms with Crippen LogP contribution < -0.4 is 5.73 Å². The highest BCUT2D eigenvalue weighted by atomic mass is 16.1. The Bertz CT molecular complexity index is 143. The average Bonchev–Trinajstić information content (AvgIpc) is 1.64. The number of rotatable bonds is 2. The second-order valence-corrected chi connectivity index (χ2v) is 2.20. The van der Waals surface area contributed by atoms with Crippen molar-refractivity contribution in [3.63, 3.8) is 0 Å². The summed E-state index contributed by atoms with van der Waals surface area (Å²) in [4.78, 5) is 10.5. The molecule has 2 nitrogen and oxygen atoms in total. The molecule has 52 valence electrons. The van der Waals surface area contributed by atoms with E-state index in [0.29, 0.717) is 0 Å². The largest absolute Gasteiger partial charge is 0.366 e. The van der Waals surface area contributed by atoms with E-state index in [1.165, 1.54) is 0 Å². The molecular formula is C7H13NO. The first-order chi connectivity index (χ1) is 4.09. The minimum absolute atomic E-state index is 0.294. The van der Waals surface area contributed by atoms with E-state index in [1.807, 2.05) is 20.8 Å². The Morgan fingerprint density at radius 3 is 1.89 bits per heavy atom. The molecule has 1 amide bonds. The van der Waals surface area contributed by atoms with Crippen LogP contribution in [0.3, 0.4) is 0 Å². The van der Waals surface area contributed by atoms with Crippen LogP contribution in [0.1, 0.15) is 27.2 Å². The van der Waals surface area contributed by atoms with E-state index in [4.69, 9.17) is 5.73 Å². The molecule has 0 aromatic heterocycles. The number of hydrogen-bond donors (Lipinski definition) is 1. The van der Waals surface area contributed by atoms with Gasteiger partial charge < -0.3 is 5.73 Å². The number of carbonyl (C=O) groups is 1. The number of carbonyl (C=O) groups excluding carboxylic acids is 1. The molecule has 0 atom stereocenters. The lowest BCUT2D eigenvalue weighted by molar-refractivity contribution is -0.114. The molecular weight excluding hydrogens is 114 g/mol. The third kappa shape index (κ3) is 2.31. The summed E-state index contributed by atoms with van der Waals surface area (Å²) >= 11 is 0. The van der Waals surface area contributed by atoms with Crippen LogP contribution in [-0.4, -0.2) is 5.91 Å². The van der Waals surface area contributed by atoms with E-state index in [2.05, 4.69) is 0 Å². The smallest absolute Gasteiger partial charge is 0.244 e. The van der Waals surface area contributed by atoms with Crippen molar-refractivity contribution in [2.75, 3.05) is 0 Å². The van der Waals surface area contributed by atoms with Gasteiger partial charge in [-0.2, -0.15) is 0 Å². The molecule has 0 aliphatic heterocycles. The molecule has 0 rings (SSSR count). The maximum Gasteiger partial charge on any atom is 0.244 e. The van der Waals surface area contributed by atoms with Crippen LogP contribution in [-0.2, 0) is 4.79 Å². The summed E-state index contributed by atoms with van der Waals surface area (Å²) in [6, 6.07) is 0. The first-order valence-electron chi connectivity index (χ1n) is 3.05. The summed E-state index contributed by atoms with van der Waals surface area (Å²) in [7, 11) is 0. The highest BCUT2D eigenvalue weighted by Crippen LogP contribution is 2.05. The van der Waals surface area contributed by atoms with Gasteiger partial charge in [0, 0.05) is 5.57 Å². The molecule has 0 aliphatic carbocycles. The van der Waals surface area contributed by atoms with Crippen LogP contribution in [0.5, 0.6) is 0 Å². The van der Waals surface area contributed by atoms with E-state index < -0.39 is 0 Å². The Morgan fingerprint density at radius 2 is 1.89 bits per heavy atom. The van der Waals surface area contributed by atoms with Gasteiger partial charge >= 0.3 is 0 Å². The zero-order valence-electron chi connectivity index (χ0n) is 6.19. The van der Waals surface area contributed by atoms with Crippen LogP contribution in [0.15, 0.2) is 11.1 Å². The average molecular weight is 127 g/mol. The van der Waals surface area contributed by atoms with Crippen molar-refractivity contribution >= 4 is 5.91 Å². The third-order valence-corrected chi connectivity index (χ3v) is 1.25. The molecule has 0 fully saturated rings. The maximum absolute atomic E-state index is 10.5. The van der Waals surface area contributed by atoms with E-state index >= 15 is 0 Å². The fraction of sp³-hybridized carbons (Fsp3) is 0.571. The van der Waals surface area contributed by atoms with Gasteiger partial charge in [0.1, 0.15) is 0 Å². The van der Waals surface area contributed by atoms with Crippen LogP contribution in [0.4, 0.5) is 0 Å². The Kier molecular flexibility index (Phi) is 2.99. The summed E-state index contributed by atoms with van der Waals surface area (Å²) in [6.07, 6.45) is 0.734. The first-order valence-corrected chi connectivity index (χ1v) is 3.05. The minimum atomic E-state index is -0.294. The Morgan fingerprint density at radius 1 is 1.44 bits per heavy atom. The van der Waals surface area contributed by atoms with E-state index in [0.717, 1.165) is 17.6 Å². The van der Waals surface area contributed by atoms with Crippen LogP contribution in [0, 0.1) is 0 Å². The van der Waals surface area contributed by atoms with Gasteiger partial charge in [0.2, 0.25) is 5.91 Å². The van der Waals surface area contributed by atoms with Crippen LogP contribution >= 0.6 is 0 Å². The Balaban J connectivity index is 4.35. The number of nitrogens with two attached hydrogens (primary N) is 1. The van der Waals surface area contributed by atoms with Crippen LogP contribution in [0.25, 0.3) is 0 Å². The second kappa shape index (κ2) is 3.28. The number of hydrogen-bond acceptors (Lipinski definition) is 1.